The van der Waals surface area contributed by atoms with Crippen molar-refractivity contribution >= 4 is 5.91 Å². The summed E-state index contributed by atoms with van der Waals surface area (Å²) in [4.78, 5) is 15.5. The van der Waals surface area contributed by atoms with E-state index in [1.807, 2.05) is 20.8 Å². The number of carbonyl (C=O) groups is 1. The number of aromatic nitrogens is 1. The first-order chi connectivity index (χ1) is 8.41. The van der Waals surface area contributed by atoms with Crippen molar-refractivity contribution in [3.8, 4) is 5.88 Å². The van der Waals surface area contributed by atoms with Gasteiger partial charge in [-0.3, -0.25) is 4.79 Å². The third-order valence-electron chi connectivity index (χ3n) is 3.17. The maximum Gasteiger partial charge on any atom is 0.254 e. The van der Waals surface area contributed by atoms with Crippen LogP contribution < -0.4 is 16.2 Å². The minimum absolute atomic E-state index is 0.263. The number of carbonyl (C=O) groups excluding carboxylic acids is 1. The molecular formula is C13H21N3O2. The Morgan fingerprint density at radius 2 is 2.00 bits per heavy atom. The van der Waals surface area contributed by atoms with Crippen LogP contribution in [0.4, 0.5) is 0 Å². The molecule has 0 spiro atoms. The first-order valence-electron chi connectivity index (χ1n) is 6.11. The molecule has 0 aliphatic heterocycles. The van der Waals surface area contributed by atoms with Gasteiger partial charge in [0.15, 0.2) is 0 Å². The predicted molar refractivity (Wildman–Crippen MR) is 70.5 cm³/mol. The molecule has 0 aliphatic rings. The van der Waals surface area contributed by atoms with E-state index in [0.717, 1.165) is 18.5 Å². The SMILES string of the molecule is CCC(N)(CC)COc1nc(C)ccc1C(N)=O. The second kappa shape index (κ2) is 5.82. The van der Waals surface area contributed by atoms with Crippen LogP contribution >= 0.6 is 0 Å². The first-order valence-corrected chi connectivity index (χ1v) is 6.11. The molecule has 0 radical (unpaired) electrons. The van der Waals surface area contributed by atoms with Crippen molar-refractivity contribution in [2.45, 2.75) is 39.2 Å². The van der Waals surface area contributed by atoms with E-state index in [0.29, 0.717) is 6.61 Å². The molecule has 0 saturated heterocycles. The average molecular weight is 251 g/mol. The standard InChI is InChI=1S/C13H21N3O2/c1-4-13(15,5-2)8-18-12-10(11(14)17)7-6-9(3)16-12/h6-7H,4-5,8,15H2,1-3H3,(H2,14,17). The number of hydrogen-bond acceptors (Lipinski definition) is 4. The van der Waals surface area contributed by atoms with Crippen LogP contribution in [0.15, 0.2) is 12.1 Å². The maximum absolute atomic E-state index is 11.3. The van der Waals surface area contributed by atoms with Crippen molar-refractivity contribution in [2.24, 2.45) is 11.5 Å². The smallest absolute Gasteiger partial charge is 0.254 e. The molecule has 0 atom stereocenters. The Balaban J connectivity index is 2.90. The summed E-state index contributed by atoms with van der Waals surface area (Å²) in [6.07, 6.45) is 1.59. The van der Waals surface area contributed by atoms with Gasteiger partial charge in [0.05, 0.1) is 0 Å². The van der Waals surface area contributed by atoms with E-state index in [9.17, 15) is 4.79 Å². The Bertz CT molecular complexity index is 428. The van der Waals surface area contributed by atoms with Crippen molar-refractivity contribution in [1.29, 1.82) is 0 Å². The summed E-state index contributed by atoms with van der Waals surface area (Å²) in [7, 11) is 0. The van der Waals surface area contributed by atoms with Crippen LogP contribution in [0, 0.1) is 6.92 Å². The Kier molecular flexibility index (Phi) is 4.67. The van der Waals surface area contributed by atoms with E-state index < -0.39 is 11.4 Å². The van der Waals surface area contributed by atoms with E-state index in [2.05, 4.69) is 4.98 Å². The Hall–Kier alpha value is -1.62. The van der Waals surface area contributed by atoms with Gasteiger partial charge in [0.2, 0.25) is 5.88 Å². The number of hydrogen-bond donors (Lipinski definition) is 2. The van der Waals surface area contributed by atoms with Gasteiger partial charge in [0.1, 0.15) is 12.2 Å². The summed E-state index contributed by atoms with van der Waals surface area (Å²) in [6, 6.07) is 3.35. The van der Waals surface area contributed by atoms with E-state index in [1.165, 1.54) is 0 Å². The van der Waals surface area contributed by atoms with Gasteiger partial charge >= 0.3 is 0 Å². The highest BCUT2D eigenvalue weighted by Gasteiger charge is 2.22. The lowest BCUT2D eigenvalue weighted by molar-refractivity contribution is 0.0992. The number of ether oxygens (including phenoxy) is 1. The minimum atomic E-state index is -0.548. The third kappa shape index (κ3) is 3.43. The van der Waals surface area contributed by atoms with E-state index in [4.69, 9.17) is 16.2 Å². The normalized spacial score (nSPS) is 11.3. The number of aryl methyl sites for hydroxylation is 1. The number of nitrogens with zero attached hydrogens (tertiary/aromatic N) is 1. The van der Waals surface area contributed by atoms with Gasteiger partial charge in [-0.2, -0.15) is 0 Å². The van der Waals surface area contributed by atoms with Crippen molar-refractivity contribution in [3.05, 3.63) is 23.4 Å². The van der Waals surface area contributed by atoms with Gasteiger partial charge in [-0.05, 0) is 31.9 Å². The molecule has 1 rings (SSSR count). The fourth-order valence-electron chi connectivity index (χ4n) is 1.50. The molecule has 1 aromatic rings. The van der Waals surface area contributed by atoms with Gasteiger partial charge in [-0.1, -0.05) is 13.8 Å². The molecule has 18 heavy (non-hydrogen) atoms. The molecular weight excluding hydrogens is 230 g/mol. The lowest BCUT2D eigenvalue weighted by Crippen LogP contribution is -2.44. The van der Waals surface area contributed by atoms with Crippen LogP contribution in [0.1, 0.15) is 42.7 Å². The summed E-state index contributed by atoms with van der Waals surface area (Å²) in [6.45, 7) is 6.15. The molecule has 1 amide bonds. The number of primary amides is 1. The molecule has 0 aliphatic carbocycles. The predicted octanol–water partition coefficient (Wildman–Crippen LogP) is 1.39. The second-order valence-corrected chi connectivity index (χ2v) is 4.53. The monoisotopic (exact) mass is 251 g/mol. The molecule has 1 heterocycles. The highest BCUT2D eigenvalue weighted by Crippen LogP contribution is 2.19. The number of rotatable bonds is 6. The Labute approximate surface area is 108 Å². The van der Waals surface area contributed by atoms with E-state index in [-0.39, 0.29) is 11.4 Å². The molecule has 0 aromatic carbocycles. The summed E-state index contributed by atoms with van der Waals surface area (Å²) >= 11 is 0. The van der Waals surface area contributed by atoms with E-state index in [1.54, 1.807) is 12.1 Å². The van der Waals surface area contributed by atoms with Gasteiger partial charge in [0, 0.05) is 11.2 Å². The molecule has 5 heteroatoms. The van der Waals surface area contributed by atoms with Crippen LogP contribution in [0.2, 0.25) is 0 Å². The molecule has 0 unspecified atom stereocenters. The highest BCUT2D eigenvalue weighted by atomic mass is 16.5. The topological polar surface area (TPSA) is 91.2 Å². The number of nitrogens with two attached hydrogens (primary N) is 2. The summed E-state index contributed by atoms with van der Waals surface area (Å²) in [5, 5.41) is 0. The lowest BCUT2D eigenvalue weighted by Gasteiger charge is -2.26. The molecule has 0 saturated carbocycles. The molecule has 0 bridgehead atoms. The minimum Gasteiger partial charge on any atom is -0.475 e. The zero-order chi connectivity index (χ0) is 13.8. The number of pyridine rings is 1. The largest absolute Gasteiger partial charge is 0.475 e. The summed E-state index contributed by atoms with van der Waals surface area (Å²) in [5.41, 5.74) is 12.1. The number of amides is 1. The zero-order valence-corrected chi connectivity index (χ0v) is 11.2. The van der Waals surface area contributed by atoms with Crippen molar-refractivity contribution in [3.63, 3.8) is 0 Å². The van der Waals surface area contributed by atoms with Crippen LogP contribution in [0.5, 0.6) is 5.88 Å². The summed E-state index contributed by atoms with van der Waals surface area (Å²) in [5.74, 6) is -0.285. The second-order valence-electron chi connectivity index (χ2n) is 4.53. The Morgan fingerprint density at radius 3 is 2.50 bits per heavy atom. The fraction of sp³-hybridized carbons (Fsp3) is 0.538. The molecule has 1 aromatic heterocycles. The van der Waals surface area contributed by atoms with Crippen molar-refractivity contribution in [2.75, 3.05) is 6.61 Å². The molecule has 0 fully saturated rings. The van der Waals surface area contributed by atoms with Gasteiger partial charge in [-0.25, -0.2) is 4.98 Å². The quantitative estimate of drug-likeness (QED) is 0.799. The van der Waals surface area contributed by atoms with Crippen molar-refractivity contribution in [1.82, 2.24) is 4.98 Å². The molecule has 100 valence electrons. The van der Waals surface area contributed by atoms with E-state index >= 15 is 0 Å². The molecule has 4 N–H and O–H groups in total. The van der Waals surface area contributed by atoms with Gasteiger partial charge < -0.3 is 16.2 Å². The van der Waals surface area contributed by atoms with Crippen molar-refractivity contribution < 1.29 is 9.53 Å². The van der Waals surface area contributed by atoms with Gasteiger partial charge in [0.25, 0.3) is 5.91 Å². The fourth-order valence-corrected chi connectivity index (χ4v) is 1.50. The van der Waals surface area contributed by atoms with Crippen LogP contribution in [0.3, 0.4) is 0 Å². The Morgan fingerprint density at radius 1 is 1.39 bits per heavy atom. The zero-order valence-electron chi connectivity index (χ0n) is 11.2. The average Bonchev–Trinajstić information content (AvgIpc) is 2.35. The van der Waals surface area contributed by atoms with Crippen LogP contribution in [0.25, 0.3) is 0 Å². The lowest BCUT2D eigenvalue weighted by atomic mass is 9.96. The van der Waals surface area contributed by atoms with Crippen LogP contribution in [-0.2, 0) is 0 Å². The third-order valence-corrected chi connectivity index (χ3v) is 3.17. The molecule has 5 nitrogen and oxygen atoms in total. The van der Waals surface area contributed by atoms with Crippen LogP contribution in [-0.4, -0.2) is 23.0 Å². The maximum atomic E-state index is 11.3. The van der Waals surface area contributed by atoms with Gasteiger partial charge in [-0.15, -0.1) is 0 Å². The highest BCUT2D eigenvalue weighted by molar-refractivity contribution is 5.95. The first kappa shape index (κ1) is 14.4. The summed E-state index contributed by atoms with van der Waals surface area (Å²) < 4.78 is 5.59.